The van der Waals surface area contributed by atoms with Gasteiger partial charge in [0.2, 0.25) is 11.8 Å². The van der Waals surface area contributed by atoms with E-state index >= 15 is 0 Å². The number of amides is 2. The summed E-state index contributed by atoms with van der Waals surface area (Å²) in [7, 11) is 0. The Morgan fingerprint density at radius 3 is 2.26 bits per heavy atom. The van der Waals surface area contributed by atoms with Crippen molar-refractivity contribution in [2.75, 3.05) is 6.54 Å². The van der Waals surface area contributed by atoms with Crippen molar-refractivity contribution >= 4 is 29.5 Å². The van der Waals surface area contributed by atoms with Crippen molar-refractivity contribution in [2.45, 2.75) is 60.9 Å². The summed E-state index contributed by atoms with van der Waals surface area (Å²) < 4.78 is 5.47. The molecular formula is C28H28N2O4S. The van der Waals surface area contributed by atoms with E-state index in [1.807, 2.05) is 78.6 Å². The van der Waals surface area contributed by atoms with Crippen LogP contribution >= 0.6 is 11.8 Å². The van der Waals surface area contributed by atoms with Gasteiger partial charge in [0.05, 0.1) is 16.5 Å². The van der Waals surface area contributed by atoms with Crippen molar-refractivity contribution in [2.24, 2.45) is 0 Å². The van der Waals surface area contributed by atoms with Gasteiger partial charge in [-0.25, -0.2) is 4.79 Å². The van der Waals surface area contributed by atoms with Crippen molar-refractivity contribution in [1.29, 1.82) is 0 Å². The van der Waals surface area contributed by atoms with Crippen LogP contribution in [0.2, 0.25) is 0 Å². The number of ether oxygens (including phenoxy) is 1. The molecule has 0 radical (unpaired) electrons. The monoisotopic (exact) mass is 488 g/mol. The highest BCUT2D eigenvalue weighted by atomic mass is 32.2. The second kappa shape index (κ2) is 8.55. The van der Waals surface area contributed by atoms with Crippen LogP contribution in [0.3, 0.4) is 0 Å². The van der Waals surface area contributed by atoms with Crippen LogP contribution in [0.25, 0.3) is 0 Å². The summed E-state index contributed by atoms with van der Waals surface area (Å²) in [5.74, 6) is -0.400. The van der Waals surface area contributed by atoms with E-state index in [0.29, 0.717) is 18.9 Å². The Morgan fingerprint density at radius 1 is 1.06 bits per heavy atom. The highest BCUT2D eigenvalue weighted by Gasteiger charge is 2.61. The molecule has 0 bridgehead atoms. The number of carbonyl (C=O) groups excluding carboxylic acids is 3. The van der Waals surface area contributed by atoms with Crippen LogP contribution in [0.1, 0.15) is 49.8 Å². The molecule has 0 unspecified atom stereocenters. The molecule has 0 N–H and O–H groups in total. The third kappa shape index (κ3) is 3.96. The Hall–Kier alpha value is -3.06. The zero-order valence-corrected chi connectivity index (χ0v) is 20.4. The molecule has 6 nitrogen and oxygen atoms in total. The molecule has 35 heavy (non-hydrogen) atoms. The number of hydrogen-bond donors (Lipinski definition) is 0. The first-order valence-electron chi connectivity index (χ1n) is 12.3. The van der Waals surface area contributed by atoms with E-state index in [1.165, 1.54) is 0 Å². The molecule has 3 aliphatic heterocycles. The standard InChI is InChI=1S/C28H28N2O4S/c1-28(17-20-14-15-29(26(20)32)21-12-13-21)25(30-22(31)16-23(30)35-28)27(33)34-24(18-8-4-2-5-9-18)19-10-6-3-7-11-19/h2-11,17,21,23-25H,12-16H2,1H3/t23-,25+,28+/m1/s1. The normalized spacial score (nSPS) is 29.0. The van der Waals surface area contributed by atoms with Crippen LogP contribution in [-0.4, -0.2) is 56.3 Å². The van der Waals surface area contributed by atoms with Crippen LogP contribution in [0, 0.1) is 0 Å². The van der Waals surface area contributed by atoms with Crippen molar-refractivity contribution in [3.63, 3.8) is 0 Å². The van der Waals surface area contributed by atoms with E-state index in [2.05, 4.69) is 0 Å². The van der Waals surface area contributed by atoms with Gasteiger partial charge in [-0.3, -0.25) is 9.59 Å². The number of carbonyl (C=O) groups is 3. The molecule has 7 heteroatoms. The number of hydrogen-bond acceptors (Lipinski definition) is 5. The van der Waals surface area contributed by atoms with Crippen LogP contribution < -0.4 is 0 Å². The lowest BCUT2D eigenvalue weighted by molar-refractivity contribution is -0.163. The summed E-state index contributed by atoms with van der Waals surface area (Å²) in [6, 6.07) is 18.9. The van der Waals surface area contributed by atoms with Crippen molar-refractivity contribution in [3.8, 4) is 0 Å². The molecule has 4 aliphatic rings. The number of likely N-dealkylation sites (tertiary alicyclic amines) is 1. The van der Waals surface area contributed by atoms with Gasteiger partial charge < -0.3 is 14.5 Å². The first-order chi connectivity index (χ1) is 16.9. The van der Waals surface area contributed by atoms with Gasteiger partial charge >= 0.3 is 5.97 Å². The molecule has 2 aromatic rings. The molecule has 6 rings (SSSR count). The number of esters is 1. The molecule has 1 aliphatic carbocycles. The summed E-state index contributed by atoms with van der Waals surface area (Å²) in [4.78, 5) is 43.1. The van der Waals surface area contributed by atoms with E-state index in [1.54, 1.807) is 16.7 Å². The first kappa shape index (κ1) is 22.4. The summed E-state index contributed by atoms with van der Waals surface area (Å²) in [6.07, 6.45) is 4.62. The second-order valence-electron chi connectivity index (χ2n) is 9.95. The molecule has 3 atom stereocenters. The topological polar surface area (TPSA) is 66.9 Å². The summed E-state index contributed by atoms with van der Waals surface area (Å²) in [6.45, 7) is 2.71. The number of β-lactam (4-membered cyclic amide) rings is 1. The summed E-state index contributed by atoms with van der Waals surface area (Å²) in [5, 5.41) is -0.0650. The van der Waals surface area contributed by atoms with Gasteiger partial charge in [0.25, 0.3) is 0 Å². The lowest BCUT2D eigenvalue weighted by atomic mass is 9.93. The molecule has 180 valence electrons. The molecule has 1 saturated carbocycles. The molecule has 3 heterocycles. The first-order valence-corrected chi connectivity index (χ1v) is 13.1. The Bertz CT molecular complexity index is 1160. The van der Waals surface area contributed by atoms with Crippen LogP contribution in [0.4, 0.5) is 0 Å². The van der Waals surface area contributed by atoms with Crippen molar-refractivity contribution in [3.05, 3.63) is 83.4 Å². The van der Waals surface area contributed by atoms with E-state index in [0.717, 1.165) is 36.1 Å². The van der Waals surface area contributed by atoms with Gasteiger partial charge in [-0.1, -0.05) is 66.7 Å². The Kier molecular flexibility index (Phi) is 5.48. The van der Waals surface area contributed by atoms with Crippen LogP contribution in [-0.2, 0) is 19.1 Å². The summed E-state index contributed by atoms with van der Waals surface area (Å²) >= 11 is 1.59. The van der Waals surface area contributed by atoms with E-state index < -0.39 is 22.9 Å². The third-order valence-corrected chi connectivity index (χ3v) is 8.94. The third-order valence-electron chi connectivity index (χ3n) is 7.43. The molecule has 4 fully saturated rings. The Morgan fingerprint density at radius 2 is 1.69 bits per heavy atom. The minimum atomic E-state index is -0.774. The number of rotatable bonds is 6. The Balaban J connectivity index is 1.32. The lowest BCUT2D eigenvalue weighted by Crippen LogP contribution is -2.57. The molecular weight excluding hydrogens is 460 g/mol. The number of thioether (sulfide) groups is 1. The molecule has 2 amide bonds. The van der Waals surface area contributed by atoms with E-state index in [-0.39, 0.29) is 17.2 Å². The largest absolute Gasteiger partial charge is 0.451 e. The highest BCUT2D eigenvalue weighted by molar-refractivity contribution is 8.01. The molecule has 3 saturated heterocycles. The zero-order valence-electron chi connectivity index (χ0n) is 19.6. The lowest BCUT2D eigenvalue weighted by Gasteiger charge is -2.38. The molecule has 2 aromatic carbocycles. The van der Waals surface area contributed by atoms with Crippen molar-refractivity contribution in [1.82, 2.24) is 9.80 Å². The van der Waals surface area contributed by atoms with Crippen LogP contribution in [0.5, 0.6) is 0 Å². The highest BCUT2D eigenvalue weighted by Crippen LogP contribution is 2.53. The minimum absolute atomic E-state index is 0.0418. The molecule has 0 aromatic heterocycles. The molecule has 0 spiro atoms. The fourth-order valence-corrected chi connectivity index (χ4v) is 7.23. The predicted molar refractivity (Wildman–Crippen MR) is 133 cm³/mol. The number of benzene rings is 2. The summed E-state index contributed by atoms with van der Waals surface area (Å²) in [5.41, 5.74) is 2.49. The van der Waals surface area contributed by atoms with Gasteiger partial charge in [-0.05, 0) is 37.3 Å². The van der Waals surface area contributed by atoms with Gasteiger partial charge in [-0.2, -0.15) is 0 Å². The van der Waals surface area contributed by atoms with Crippen molar-refractivity contribution < 1.29 is 19.1 Å². The predicted octanol–water partition coefficient (Wildman–Crippen LogP) is 4.07. The maximum absolute atomic E-state index is 13.8. The average Bonchev–Trinajstić information content (AvgIpc) is 3.60. The van der Waals surface area contributed by atoms with Gasteiger partial charge in [0, 0.05) is 18.2 Å². The maximum atomic E-state index is 13.8. The SMILES string of the molecule is C[C@@]1(C=C2CCN(C3CC3)C2=O)S[C@@H]2CC(=O)N2[C@H]1C(=O)OC(c1ccccc1)c1ccccc1. The van der Waals surface area contributed by atoms with Gasteiger partial charge in [-0.15, -0.1) is 11.8 Å². The van der Waals surface area contributed by atoms with E-state index in [4.69, 9.17) is 4.74 Å². The maximum Gasteiger partial charge on any atom is 0.331 e. The van der Waals surface area contributed by atoms with Crippen LogP contribution in [0.15, 0.2) is 72.3 Å². The fourth-order valence-electron chi connectivity index (χ4n) is 5.52. The zero-order chi connectivity index (χ0) is 24.2. The quantitative estimate of drug-likeness (QED) is 0.348. The Labute approximate surface area is 209 Å². The van der Waals surface area contributed by atoms with Gasteiger partial charge in [0.15, 0.2) is 6.10 Å². The van der Waals surface area contributed by atoms with Gasteiger partial charge in [0.1, 0.15) is 6.04 Å². The number of fused-ring (bicyclic) bond motifs is 1. The number of nitrogens with zero attached hydrogens (tertiary/aromatic N) is 2. The fraction of sp³-hybridized carbons (Fsp3) is 0.393. The smallest absolute Gasteiger partial charge is 0.331 e. The minimum Gasteiger partial charge on any atom is -0.451 e. The average molecular weight is 489 g/mol. The second-order valence-corrected chi connectivity index (χ2v) is 11.6. The van der Waals surface area contributed by atoms with E-state index in [9.17, 15) is 14.4 Å².